The molecule has 21 nitrogen and oxygen atoms in total. The number of aliphatic hydroxyl groups excluding tert-OH is 1. The van der Waals surface area contributed by atoms with Gasteiger partial charge in [-0.05, 0) is 194 Å². The van der Waals surface area contributed by atoms with E-state index >= 15 is 0 Å². The van der Waals surface area contributed by atoms with E-state index in [0.29, 0.717) is 105 Å². The first kappa shape index (κ1) is 77.4. The molecule has 504 valence electrons. The van der Waals surface area contributed by atoms with Gasteiger partial charge in [-0.25, -0.2) is 9.59 Å². The smallest absolute Gasteiger partial charge is 0.340 e. The van der Waals surface area contributed by atoms with E-state index in [-0.39, 0.29) is 79.4 Å². The number of methoxy groups -OCH3 is 2. The van der Waals surface area contributed by atoms with E-state index in [1.54, 1.807) is 45.9 Å². The van der Waals surface area contributed by atoms with Crippen LogP contribution >= 0.6 is 67.8 Å². The van der Waals surface area contributed by atoms with Gasteiger partial charge in [-0.15, -0.1) is 0 Å². The zero-order valence-electron chi connectivity index (χ0n) is 54.2. The SMILES string of the molecule is CO[C@@H]1C(=O)/C(C)=C/[C@@H](C)C(=O)C[C@@H]([C@H](C)C[C@@H]2CC[C@@H](OC(=O)CCCCCOC(=O)c3c(I)c(NC(C)=O)c(I)c(NC(C)=O)c3I)[C@H](OC)C2)OC(=O)[C@@H]2CCCCN2C(=O)C(=O)[C@]2(O)O[C@@H](CC[C@H]2C)C[C@H](O)/C(C)=C/C=C/C=C/[C@@H](C)C[C@@H](C)C1=O. The van der Waals surface area contributed by atoms with Crippen LogP contribution in [0.15, 0.2) is 47.6 Å². The lowest BCUT2D eigenvalue weighted by Gasteiger charge is -2.42. The maximum absolute atomic E-state index is 14.7. The topological polar surface area (TPSA) is 294 Å². The first-order chi connectivity index (χ1) is 42.9. The normalized spacial score (nSPS) is 31.1. The van der Waals surface area contributed by atoms with Gasteiger partial charge in [0.05, 0.1) is 52.6 Å². The number of anilines is 2. The summed E-state index contributed by atoms with van der Waals surface area (Å²) in [4.78, 5) is 137. The number of hydrogen-bond acceptors (Lipinski definition) is 18. The highest BCUT2D eigenvalue weighted by Crippen LogP contribution is 2.41. The number of carbonyl (C=O) groups is 10. The third-order valence-electron chi connectivity index (χ3n) is 17.7. The molecule has 1 aromatic carbocycles. The summed E-state index contributed by atoms with van der Waals surface area (Å²) in [5, 5.41) is 28.7. The highest BCUT2D eigenvalue weighted by atomic mass is 127. The molecule has 14 atom stereocenters. The molecule has 1 aromatic rings. The minimum Gasteiger partial charge on any atom is -0.462 e. The number of aliphatic hydroxyl groups is 2. The molecule has 5 rings (SSSR count). The van der Waals surface area contributed by atoms with Crippen molar-refractivity contribution in [2.45, 2.75) is 213 Å². The summed E-state index contributed by atoms with van der Waals surface area (Å²) in [6, 6.07) is -1.25. The lowest BCUT2D eigenvalue weighted by molar-refractivity contribution is -0.265. The number of unbranched alkanes of at least 4 members (excludes halogenated alkanes) is 2. The third-order valence-corrected chi connectivity index (χ3v) is 20.9. The minimum atomic E-state index is -2.55. The van der Waals surface area contributed by atoms with E-state index in [1.165, 1.54) is 41.1 Å². The fourth-order valence-corrected chi connectivity index (χ4v) is 16.4. The highest BCUT2D eigenvalue weighted by Gasteiger charge is 2.53. The second-order valence-corrected chi connectivity index (χ2v) is 28.3. The Balaban J connectivity index is 1.30. The summed E-state index contributed by atoms with van der Waals surface area (Å²) < 4.78 is 36.9. The Kier molecular flexibility index (Phi) is 31.1. The van der Waals surface area contributed by atoms with Gasteiger partial charge in [-0.3, -0.25) is 38.4 Å². The molecule has 2 bridgehead atoms. The molecular formula is C67H92I3N3O18. The van der Waals surface area contributed by atoms with E-state index < -0.39 is 113 Å². The van der Waals surface area contributed by atoms with Gasteiger partial charge in [0.1, 0.15) is 24.0 Å². The lowest BCUT2D eigenvalue weighted by atomic mass is 9.78. The molecule has 0 radical (unpaired) electrons. The van der Waals surface area contributed by atoms with Crippen molar-refractivity contribution >= 4 is 138 Å². The molecule has 4 N–H and O–H groups in total. The van der Waals surface area contributed by atoms with Crippen molar-refractivity contribution in [2.24, 2.45) is 35.5 Å². The number of nitrogens with zero attached hydrogens (tertiary/aromatic N) is 1. The number of allylic oxidation sites excluding steroid dienone is 6. The molecule has 4 aliphatic rings. The molecular weight excluding hydrogens is 1520 g/mol. The third kappa shape index (κ3) is 21.6. The summed E-state index contributed by atoms with van der Waals surface area (Å²) in [6.07, 6.45) is 10.6. The number of cyclic esters (lactones) is 1. The van der Waals surface area contributed by atoms with E-state index in [4.69, 9.17) is 28.4 Å². The van der Waals surface area contributed by atoms with Crippen LogP contribution in [0, 0.1) is 46.2 Å². The molecule has 0 unspecified atom stereocenters. The van der Waals surface area contributed by atoms with E-state index in [0.717, 1.165) is 4.90 Å². The van der Waals surface area contributed by atoms with Gasteiger partial charge in [0.25, 0.3) is 11.7 Å². The van der Waals surface area contributed by atoms with Crippen molar-refractivity contribution in [1.82, 2.24) is 4.90 Å². The van der Waals surface area contributed by atoms with Crippen LogP contribution in [0.3, 0.4) is 0 Å². The largest absolute Gasteiger partial charge is 0.462 e. The number of ketones is 4. The van der Waals surface area contributed by atoms with Gasteiger partial charge in [0, 0.05) is 71.6 Å². The first-order valence-corrected chi connectivity index (χ1v) is 34.8. The summed E-state index contributed by atoms with van der Waals surface area (Å²) in [5.74, 6) is -11.7. The molecule has 91 heavy (non-hydrogen) atoms. The number of carbonyl (C=O) groups excluding carboxylic acids is 10. The summed E-state index contributed by atoms with van der Waals surface area (Å²) in [6.45, 7) is 14.8. The van der Waals surface area contributed by atoms with Crippen molar-refractivity contribution in [3.05, 3.63) is 63.9 Å². The van der Waals surface area contributed by atoms with Crippen molar-refractivity contribution in [1.29, 1.82) is 0 Å². The second-order valence-electron chi connectivity index (χ2n) is 25.0. The average molecular weight is 1610 g/mol. The van der Waals surface area contributed by atoms with Crippen LogP contribution in [0.5, 0.6) is 0 Å². The van der Waals surface area contributed by atoms with Crippen LogP contribution in [0.4, 0.5) is 11.4 Å². The number of esters is 3. The summed E-state index contributed by atoms with van der Waals surface area (Å²) in [5.41, 5.74) is 1.69. The van der Waals surface area contributed by atoms with Crippen LogP contribution in [0.1, 0.15) is 175 Å². The molecule has 3 fully saturated rings. The number of amides is 3. The Morgan fingerprint density at radius 1 is 0.802 bits per heavy atom. The maximum atomic E-state index is 14.7. The number of rotatable bonds is 15. The number of halogens is 3. The molecule has 0 spiro atoms. The van der Waals surface area contributed by atoms with Gasteiger partial charge in [-0.1, -0.05) is 71.1 Å². The van der Waals surface area contributed by atoms with Gasteiger partial charge in [-0.2, -0.15) is 0 Å². The Morgan fingerprint density at radius 2 is 1.47 bits per heavy atom. The second kappa shape index (κ2) is 36.5. The molecule has 1 aliphatic carbocycles. The molecule has 3 aliphatic heterocycles. The number of hydrogen-bond donors (Lipinski definition) is 4. The fraction of sp³-hybridized carbons (Fsp3) is 0.642. The molecule has 0 aromatic heterocycles. The summed E-state index contributed by atoms with van der Waals surface area (Å²) >= 11 is 5.95. The van der Waals surface area contributed by atoms with Gasteiger partial charge >= 0.3 is 17.9 Å². The van der Waals surface area contributed by atoms with Gasteiger partial charge in [0.15, 0.2) is 17.7 Å². The van der Waals surface area contributed by atoms with Crippen LogP contribution in [-0.2, 0) is 71.6 Å². The van der Waals surface area contributed by atoms with E-state index in [2.05, 4.69) is 10.6 Å². The number of nitrogens with one attached hydrogen (secondary N) is 2. The van der Waals surface area contributed by atoms with Crippen LogP contribution in [0.2, 0.25) is 0 Å². The first-order valence-electron chi connectivity index (χ1n) is 31.6. The molecule has 2 saturated heterocycles. The van der Waals surface area contributed by atoms with Crippen LogP contribution in [0.25, 0.3) is 0 Å². The van der Waals surface area contributed by atoms with Gasteiger partial charge in [0.2, 0.25) is 17.6 Å². The number of benzene rings is 1. The molecule has 3 amide bonds. The number of piperidine rings is 1. The zero-order valence-corrected chi connectivity index (χ0v) is 60.7. The number of Topliss-reactive ketones (excluding diaryl/α,β-unsaturated/α-hetero) is 4. The van der Waals surface area contributed by atoms with Crippen LogP contribution in [-0.4, -0.2) is 150 Å². The fourth-order valence-electron chi connectivity index (χ4n) is 12.3. The summed E-state index contributed by atoms with van der Waals surface area (Å²) in [7, 11) is 2.83. The predicted octanol–water partition coefficient (Wildman–Crippen LogP) is 10.4. The maximum Gasteiger partial charge on any atom is 0.340 e. The average Bonchev–Trinajstić information content (AvgIpc) is 0.914. The number of fused-ring (bicyclic) bond motifs is 3. The predicted molar refractivity (Wildman–Crippen MR) is 365 cm³/mol. The van der Waals surface area contributed by atoms with Crippen LogP contribution < -0.4 is 10.6 Å². The Hall–Kier alpha value is -4.33. The van der Waals surface area contributed by atoms with E-state index in [9.17, 15) is 58.2 Å². The zero-order chi connectivity index (χ0) is 67.6. The lowest BCUT2D eigenvalue weighted by Crippen LogP contribution is -2.61. The quantitative estimate of drug-likeness (QED) is 0.0317. The monoisotopic (exact) mass is 1610 g/mol. The Bertz CT molecular complexity index is 2920. The Labute approximate surface area is 575 Å². The van der Waals surface area contributed by atoms with Crippen molar-refractivity contribution < 1.29 is 86.6 Å². The molecule has 3 heterocycles. The Morgan fingerprint density at radius 3 is 2.11 bits per heavy atom. The number of ether oxygens (including phenoxy) is 6. The minimum absolute atomic E-state index is 0.00663. The molecule has 1 saturated carbocycles. The van der Waals surface area contributed by atoms with Crippen molar-refractivity contribution in [3.8, 4) is 0 Å². The van der Waals surface area contributed by atoms with Crippen molar-refractivity contribution in [3.63, 3.8) is 0 Å². The van der Waals surface area contributed by atoms with Gasteiger partial charge < -0.3 is 54.2 Å². The highest BCUT2D eigenvalue weighted by molar-refractivity contribution is 14.1. The molecule has 24 heteroatoms. The van der Waals surface area contributed by atoms with E-state index in [1.807, 2.05) is 93.8 Å². The van der Waals surface area contributed by atoms with Crippen molar-refractivity contribution in [2.75, 3.05) is 38.0 Å². The standard InChI is InChI=1S/C67H92I3N3O18/c1-36-20-14-12-15-21-37(2)48(76)34-46-26-24-42(7)67(85,91-46)63(81)64(82)73-28-18-17-22-47(73)65(83)90-51(35-49(77)38(3)31-41(6)61(80)62(87-11)60(79)40(5)30-36)39(4)32-45-25-27-50(52(33-45)86-10)89-53(78)23-16-13-19-29-88-66(84)54-55(68)58(71-43(8)74)57(70)59(56(54)69)72-44(9)75/h12,14-15,20-21,31,36,38-40,42,45-48,50-52,62,76,85H,13,16-19,22-30,32-35H2,1-11H3,(H,71,74)(H,72,75)/b15-12+,20-14+,37-21+,41-31+/t36-,38-,39-,40-,42-,45+,46+,47+,48+,50-,51+,52-,62+,67-/m1/s1.